The number of hydrogen-bond donors (Lipinski definition) is 3. The van der Waals surface area contributed by atoms with Gasteiger partial charge in [0, 0.05) is 16.6 Å². The molecule has 0 atom stereocenters. The lowest BCUT2D eigenvalue weighted by molar-refractivity contribution is 0.144. The molecule has 5 aromatic rings. The molecule has 1 heterocycles. The van der Waals surface area contributed by atoms with Crippen molar-refractivity contribution in [3.8, 4) is 34.2 Å². The molecule has 0 amide bonds. The van der Waals surface area contributed by atoms with Crippen molar-refractivity contribution in [2.24, 2.45) is 10.2 Å². The number of para-hydroxylation sites is 2. The second-order valence-corrected chi connectivity index (χ2v) is 8.13. The smallest absolute Gasteiger partial charge is 0.505 e. The Labute approximate surface area is 206 Å². The van der Waals surface area contributed by atoms with Gasteiger partial charge in [0.2, 0.25) is 5.88 Å². The minimum atomic E-state index is -1.43. The summed E-state index contributed by atoms with van der Waals surface area (Å²) >= 11 is 0. The number of carbonyl (C=O) groups is 1. The number of aryl methyl sites for hydroxylation is 1. The van der Waals surface area contributed by atoms with Gasteiger partial charge < -0.3 is 20.1 Å². The highest BCUT2D eigenvalue weighted by Crippen LogP contribution is 2.43. The van der Waals surface area contributed by atoms with Crippen LogP contribution in [0.15, 0.2) is 101 Å². The first-order valence-corrected chi connectivity index (χ1v) is 11.1. The number of aromatic hydroxyl groups is 2. The van der Waals surface area contributed by atoms with Crippen LogP contribution in [-0.2, 0) is 0 Å². The number of nitrogens with zero attached hydrogens (tertiary/aromatic N) is 3. The second kappa shape index (κ2) is 9.27. The van der Waals surface area contributed by atoms with Crippen molar-refractivity contribution in [3.63, 3.8) is 0 Å². The number of fused-ring (bicyclic) bond motifs is 1. The lowest BCUT2D eigenvalue weighted by atomic mass is 10.0. The predicted octanol–water partition coefficient (Wildman–Crippen LogP) is 7.49. The highest BCUT2D eigenvalue weighted by molar-refractivity contribution is 5.96. The number of phenols is 1. The summed E-state index contributed by atoms with van der Waals surface area (Å²) in [6.45, 7) is 1.98. The SMILES string of the molecule is Cc1cccc(-n2c(O)c(N=Nc3cccc(-c4cccc(OC(=O)O)c4)c3O)c3ccccc32)c1. The topological polar surface area (TPSA) is 117 Å². The van der Waals surface area contributed by atoms with E-state index < -0.39 is 6.16 Å². The summed E-state index contributed by atoms with van der Waals surface area (Å²) in [5.41, 5.74) is 4.03. The first-order chi connectivity index (χ1) is 17.4. The molecule has 0 fully saturated rings. The van der Waals surface area contributed by atoms with Crippen LogP contribution < -0.4 is 4.74 Å². The van der Waals surface area contributed by atoms with E-state index in [1.165, 1.54) is 12.1 Å². The molecule has 0 aliphatic heterocycles. The summed E-state index contributed by atoms with van der Waals surface area (Å²) in [5, 5.41) is 40.2. The number of rotatable bonds is 5. The number of phenolic OH excluding ortho intramolecular Hbond substituents is 1. The molecular formula is C28H21N3O5. The summed E-state index contributed by atoms with van der Waals surface area (Å²) in [7, 11) is 0. The van der Waals surface area contributed by atoms with Gasteiger partial charge in [0.25, 0.3) is 0 Å². The molecule has 4 aromatic carbocycles. The van der Waals surface area contributed by atoms with E-state index in [-0.39, 0.29) is 28.8 Å². The van der Waals surface area contributed by atoms with E-state index in [1.54, 1.807) is 34.9 Å². The summed E-state index contributed by atoms with van der Waals surface area (Å²) < 4.78 is 6.42. The maximum absolute atomic E-state index is 11.1. The molecule has 178 valence electrons. The molecular weight excluding hydrogens is 458 g/mol. The Bertz CT molecular complexity index is 1640. The molecule has 0 aliphatic carbocycles. The summed E-state index contributed by atoms with van der Waals surface area (Å²) in [5.74, 6) is -0.0873. The Hall–Kier alpha value is -5.11. The average molecular weight is 479 g/mol. The van der Waals surface area contributed by atoms with Gasteiger partial charge in [-0.15, -0.1) is 10.2 Å². The van der Waals surface area contributed by atoms with Crippen LogP contribution >= 0.6 is 0 Å². The van der Waals surface area contributed by atoms with Crippen molar-refractivity contribution in [3.05, 3.63) is 96.6 Å². The van der Waals surface area contributed by atoms with Crippen LogP contribution in [0.4, 0.5) is 16.2 Å². The Kier molecular flexibility index (Phi) is 5.83. The van der Waals surface area contributed by atoms with Crippen LogP contribution in [0.25, 0.3) is 27.7 Å². The monoisotopic (exact) mass is 479 g/mol. The van der Waals surface area contributed by atoms with E-state index in [0.29, 0.717) is 16.5 Å². The van der Waals surface area contributed by atoms with E-state index in [2.05, 4.69) is 10.2 Å². The minimum Gasteiger partial charge on any atom is -0.505 e. The Morgan fingerprint density at radius 2 is 1.64 bits per heavy atom. The van der Waals surface area contributed by atoms with Crippen LogP contribution in [0.3, 0.4) is 0 Å². The van der Waals surface area contributed by atoms with Crippen LogP contribution in [0.2, 0.25) is 0 Å². The first kappa shape index (κ1) is 22.7. The highest BCUT2D eigenvalue weighted by atomic mass is 16.7. The third-order valence-electron chi connectivity index (χ3n) is 5.71. The Morgan fingerprint density at radius 1 is 0.861 bits per heavy atom. The normalized spacial score (nSPS) is 11.2. The van der Waals surface area contributed by atoms with Gasteiger partial charge in [-0.1, -0.05) is 54.6 Å². The highest BCUT2D eigenvalue weighted by Gasteiger charge is 2.18. The number of azo groups is 1. The van der Waals surface area contributed by atoms with Crippen LogP contribution in [-0.4, -0.2) is 26.0 Å². The molecule has 0 unspecified atom stereocenters. The minimum absolute atomic E-state index is 0.0697. The van der Waals surface area contributed by atoms with E-state index in [9.17, 15) is 15.0 Å². The maximum Gasteiger partial charge on any atom is 0.511 e. The van der Waals surface area contributed by atoms with Gasteiger partial charge in [0.1, 0.15) is 11.4 Å². The van der Waals surface area contributed by atoms with Crippen molar-refractivity contribution in [2.45, 2.75) is 6.92 Å². The molecule has 3 N–H and O–H groups in total. The van der Waals surface area contributed by atoms with Gasteiger partial charge >= 0.3 is 6.16 Å². The maximum atomic E-state index is 11.1. The molecule has 0 saturated heterocycles. The quantitative estimate of drug-likeness (QED) is 0.137. The van der Waals surface area contributed by atoms with Crippen LogP contribution in [0, 0.1) is 6.92 Å². The lowest BCUT2D eigenvalue weighted by Gasteiger charge is -2.08. The van der Waals surface area contributed by atoms with Gasteiger partial charge in [-0.3, -0.25) is 4.57 Å². The lowest BCUT2D eigenvalue weighted by Crippen LogP contribution is -2.02. The van der Waals surface area contributed by atoms with Crippen molar-refractivity contribution in [1.82, 2.24) is 4.57 Å². The van der Waals surface area contributed by atoms with Gasteiger partial charge in [-0.25, -0.2) is 4.79 Å². The largest absolute Gasteiger partial charge is 0.511 e. The molecule has 8 nitrogen and oxygen atoms in total. The zero-order valence-corrected chi connectivity index (χ0v) is 19.2. The molecule has 0 aliphatic rings. The van der Waals surface area contributed by atoms with Gasteiger partial charge in [0.15, 0.2) is 11.4 Å². The molecule has 0 bridgehead atoms. The predicted molar refractivity (Wildman–Crippen MR) is 136 cm³/mol. The standard InChI is InChI=1S/C28H21N3O5/c1-17-7-4-9-19(15-17)31-24-14-3-2-11-22(24)25(27(31)33)30-29-23-13-6-12-21(26(23)32)18-8-5-10-20(16-18)36-28(34)35/h2-16,32-33H,1H3,(H,34,35). The Morgan fingerprint density at radius 3 is 2.44 bits per heavy atom. The van der Waals surface area contributed by atoms with E-state index in [4.69, 9.17) is 9.84 Å². The van der Waals surface area contributed by atoms with E-state index in [0.717, 1.165) is 16.8 Å². The summed E-state index contributed by atoms with van der Waals surface area (Å²) in [6.07, 6.45) is -1.43. The fourth-order valence-electron chi connectivity index (χ4n) is 4.11. The fourth-order valence-corrected chi connectivity index (χ4v) is 4.11. The molecule has 1 aromatic heterocycles. The van der Waals surface area contributed by atoms with Gasteiger partial charge in [-0.05, 0) is 54.4 Å². The van der Waals surface area contributed by atoms with Crippen molar-refractivity contribution in [2.75, 3.05) is 0 Å². The molecule has 36 heavy (non-hydrogen) atoms. The van der Waals surface area contributed by atoms with Gasteiger partial charge in [-0.2, -0.15) is 0 Å². The van der Waals surface area contributed by atoms with Crippen LogP contribution in [0.1, 0.15) is 5.56 Å². The second-order valence-electron chi connectivity index (χ2n) is 8.13. The third kappa shape index (κ3) is 4.23. The molecule has 0 spiro atoms. The van der Waals surface area contributed by atoms with Crippen LogP contribution in [0.5, 0.6) is 17.4 Å². The molecule has 8 heteroatoms. The Balaban J connectivity index is 1.57. The number of carboxylic acid groups (broad SMARTS) is 1. The zero-order valence-electron chi connectivity index (χ0n) is 19.2. The average Bonchev–Trinajstić information content (AvgIpc) is 3.14. The summed E-state index contributed by atoms with van der Waals surface area (Å²) in [6, 6.07) is 26.5. The van der Waals surface area contributed by atoms with Gasteiger partial charge in [0.05, 0.1) is 5.52 Å². The van der Waals surface area contributed by atoms with Crippen molar-refractivity contribution < 1.29 is 24.9 Å². The van der Waals surface area contributed by atoms with E-state index >= 15 is 0 Å². The number of benzene rings is 4. The van der Waals surface area contributed by atoms with E-state index in [1.807, 2.05) is 55.5 Å². The molecule has 5 rings (SSSR count). The zero-order chi connectivity index (χ0) is 25.2. The molecule has 0 radical (unpaired) electrons. The third-order valence-corrected chi connectivity index (χ3v) is 5.71. The first-order valence-electron chi connectivity index (χ1n) is 11.1. The molecule has 0 saturated carbocycles. The summed E-state index contributed by atoms with van der Waals surface area (Å²) in [4.78, 5) is 10.9. The van der Waals surface area contributed by atoms with Crippen molar-refractivity contribution in [1.29, 1.82) is 0 Å². The van der Waals surface area contributed by atoms with Crippen molar-refractivity contribution >= 4 is 28.4 Å². The number of aromatic nitrogens is 1. The number of ether oxygens (including phenoxy) is 1. The number of hydrogen-bond acceptors (Lipinski definition) is 6. The fraction of sp³-hybridized carbons (Fsp3) is 0.0357.